The van der Waals surface area contributed by atoms with Crippen molar-refractivity contribution in [1.82, 2.24) is 5.32 Å². The van der Waals surface area contributed by atoms with Gasteiger partial charge < -0.3 is 5.32 Å². The fourth-order valence-corrected chi connectivity index (χ4v) is 2.64. The van der Waals surface area contributed by atoms with Gasteiger partial charge >= 0.3 is 0 Å². The lowest BCUT2D eigenvalue weighted by Crippen LogP contribution is -2.27. The largest absolute Gasteiger partial charge is 0.363 e. The Bertz CT molecular complexity index is 436. The van der Waals surface area contributed by atoms with Gasteiger partial charge in [-0.25, -0.2) is 0 Å². The van der Waals surface area contributed by atoms with Crippen LogP contribution in [0.5, 0.6) is 0 Å². The smallest absolute Gasteiger partial charge is 0.156 e. The van der Waals surface area contributed by atoms with Crippen molar-refractivity contribution in [3.63, 3.8) is 0 Å². The van der Waals surface area contributed by atoms with Gasteiger partial charge in [0.2, 0.25) is 0 Å². The van der Waals surface area contributed by atoms with E-state index >= 15 is 0 Å². The van der Waals surface area contributed by atoms with Crippen molar-refractivity contribution >= 4 is 16.9 Å². The van der Waals surface area contributed by atoms with Gasteiger partial charge in [-0.2, -0.15) is 0 Å². The zero-order valence-electron chi connectivity index (χ0n) is 12.1. The number of hydrogen-bond acceptors (Lipinski definition) is 2. The van der Waals surface area contributed by atoms with Crippen LogP contribution in [0.15, 0.2) is 29.3 Å². The maximum absolute atomic E-state index is 4.66. The predicted molar refractivity (Wildman–Crippen MR) is 85.8 cm³/mol. The molecule has 0 saturated heterocycles. The Kier molecular flexibility index (Phi) is 5.32. The van der Waals surface area contributed by atoms with E-state index in [1.807, 2.05) is 0 Å². The van der Waals surface area contributed by atoms with Crippen molar-refractivity contribution in [3.05, 3.63) is 35.4 Å². The van der Waals surface area contributed by atoms with Crippen LogP contribution in [-0.2, 0) is 13.0 Å². The van der Waals surface area contributed by atoms with Crippen LogP contribution in [-0.4, -0.2) is 17.5 Å². The van der Waals surface area contributed by atoms with Crippen LogP contribution >= 0.6 is 11.8 Å². The summed E-state index contributed by atoms with van der Waals surface area (Å²) in [5.41, 5.74) is 2.79. The molecule has 0 aliphatic heterocycles. The van der Waals surface area contributed by atoms with Crippen LogP contribution in [0.25, 0.3) is 0 Å². The summed E-state index contributed by atoms with van der Waals surface area (Å²) in [5, 5.41) is 4.40. The standard InChI is InChI=1S/C16H24N2S/c1-12(2)18-16(19-3)17-11-15-6-4-5-14(10-15)9-13-7-8-13/h4-6,10,12-13H,7-9,11H2,1-3H3,(H,17,18). The highest BCUT2D eigenvalue weighted by Gasteiger charge is 2.21. The fourth-order valence-electron chi connectivity index (χ4n) is 2.09. The van der Waals surface area contributed by atoms with E-state index in [-0.39, 0.29) is 0 Å². The van der Waals surface area contributed by atoms with Gasteiger partial charge in [-0.15, -0.1) is 0 Å². The molecule has 0 unspecified atom stereocenters. The first-order valence-electron chi connectivity index (χ1n) is 7.10. The minimum absolute atomic E-state index is 0.437. The molecule has 0 heterocycles. The van der Waals surface area contributed by atoms with Gasteiger partial charge in [0.25, 0.3) is 0 Å². The Labute approximate surface area is 121 Å². The molecule has 1 N–H and O–H groups in total. The number of nitrogens with one attached hydrogen (secondary N) is 1. The molecule has 1 aromatic rings. The third kappa shape index (κ3) is 5.27. The maximum atomic E-state index is 4.66. The molecule has 0 amide bonds. The normalized spacial score (nSPS) is 15.9. The summed E-state index contributed by atoms with van der Waals surface area (Å²) in [6, 6.07) is 9.33. The first kappa shape index (κ1) is 14.4. The number of benzene rings is 1. The summed E-state index contributed by atoms with van der Waals surface area (Å²) >= 11 is 1.68. The van der Waals surface area contributed by atoms with Gasteiger partial charge in [0, 0.05) is 6.04 Å². The second kappa shape index (κ2) is 6.99. The second-order valence-corrected chi connectivity index (χ2v) is 6.39. The zero-order valence-corrected chi connectivity index (χ0v) is 13.0. The molecule has 1 aliphatic carbocycles. The molecule has 2 nitrogen and oxygen atoms in total. The van der Waals surface area contributed by atoms with Gasteiger partial charge in [0.1, 0.15) is 0 Å². The van der Waals surface area contributed by atoms with Crippen LogP contribution in [0.3, 0.4) is 0 Å². The summed E-state index contributed by atoms with van der Waals surface area (Å²) in [6.45, 7) is 5.05. The number of amidine groups is 1. The summed E-state index contributed by atoms with van der Waals surface area (Å²) in [6.07, 6.45) is 6.14. The molecule has 0 bridgehead atoms. The van der Waals surface area contributed by atoms with Gasteiger partial charge in [-0.1, -0.05) is 36.0 Å². The van der Waals surface area contributed by atoms with E-state index in [0.29, 0.717) is 6.04 Å². The molecular formula is C16H24N2S. The SMILES string of the molecule is CSC(=NCc1cccc(CC2CC2)c1)NC(C)C. The first-order chi connectivity index (χ1) is 9.17. The molecule has 1 aliphatic rings. The summed E-state index contributed by atoms with van der Waals surface area (Å²) < 4.78 is 0. The Balaban J connectivity index is 1.95. The maximum Gasteiger partial charge on any atom is 0.156 e. The van der Waals surface area contributed by atoms with Crippen molar-refractivity contribution in [2.24, 2.45) is 10.9 Å². The van der Waals surface area contributed by atoms with E-state index in [1.165, 1.54) is 30.4 Å². The highest BCUT2D eigenvalue weighted by atomic mass is 32.2. The highest BCUT2D eigenvalue weighted by molar-refractivity contribution is 8.13. The first-order valence-corrected chi connectivity index (χ1v) is 8.32. The molecule has 0 radical (unpaired) electrons. The average molecular weight is 276 g/mol. The Morgan fingerprint density at radius 2 is 2.11 bits per heavy atom. The van der Waals surface area contributed by atoms with Crippen LogP contribution < -0.4 is 5.32 Å². The lowest BCUT2D eigenvalue weighted by Gasteiger charge is -2.11. The Morgan fingerprint density at radius 3 is 2.74 bits per heavy atom. The molecule has 0 aromatic heterocycles. The number of nitrogens with zero attached hydrogens (tertiary/aromatic N) is 1. The van der Waals surface area contributed by atoms with Crippen molar-refractivity contribution in [3.8, 4) is 0 Å². The zero-order chi connectivity index (χ0) is 13.7. The highest BCUT2D eigenvalue weighted by Crippen LogP contribution is 2.32. The van der Waals surface area contributed by atoms with E-state index in [9.17, 15) is 0 Å². The topological polar surface area (TPSA) is 24.4 Å². The molecule has 1 fully saturated rings. The number of rotatable bonds is 5. The quantitative estimate of drug-likeness (QED) is 0.652. The monoisotopic (exact) mass is 276 g/mol. The molecule has 104 valence electrons. The van der Waals surface area contributed by atoms with Crippen LogP contribution in [0.1, 0.15) is 37.8 Å². The van der Waals surface area contributed by atoms with E-state index in [4.69, 9.17) is 0 Å². The molecule has 2 rings (SSSR count). The molecule has 1 saturated carbocycles. The number of thioether (sulfide) groups is 1. The summed E-state index contributed by atoms with van der Waals surface area (Å²) in [4.78, 5) is 4.66. The van der Waals surface area contributed by atoms with Gasteiger partial charge in [-0.3, -0.25) is 4.99 Å². The third-order valence-corrected chi connectivity index (χ3v) is 3.86. The molecule has 0 spiro atoms. The van der Waals surface area contributed by atoms with Crippen LogP contribution in [0.2, 0.25) is 0 Å². The number of hydrogen-bond donors (Lipinski definition) is 1. The fraction of sp³-hybridized carbons (Fsp3) is 0.562. The van der Waals surface area contributed by atoms with E-state index in [0.717, 1.165) is 17.6 Å². The Morgan fingerprint density at radius 1 is 1.37 bits per heavy atom. The van der Waals surface area contributed by atoms with Gasteiger partial charge in [-0.05, 0) is 56.4 Å². The molecular weight excluding hydrogens is 252 g/mol. The van der Waals surface area contributed by atoms with Crippen molar-refractivity contribution in [1.29, 1.82) is 0 Å². The third-order valence-electron chi connectivity index (χ3n) is 3.22. The summed E-state index contributed by atoms with van der Waals surface area (Å²) in [5.74, 6) is 0.947. The van der Waals surface area contributed by atoms with Crippen LogP contribution in [0.4, 0.5) is 0 Å². The summed E-state index contributed by atoms with van der Waals surface area (Å²) in [7, 11) is 0. The van der Waals surface area contributed by atoms with Crippen molar-refractivity contribution in [2.75, 3.05) is 6.26 Å². The van der Waals surface area contributed by atoms with Crippen molar-refractivity contribution < 1.29 is 0 Å². The minimum Gasteiger partial charge on any atom is -0.363 e. The number of aliphatic imine (C=N–C) groups is 1. The average Bonchev–Trinajstić information content (AvgIpc) is 3.18. The predicted octanol–water partition coefficient (Wildman–Crippen LogP) is 3.86. The van der Waals surface area contributed by atoms with E-state index in [1.54, 1.807) is 11.8 Å². The lowest BCUT2D eigenvalue weighted by molar-refractivity contribution is 0.737. The minimum atomic E-state index is 0.437. The molecule has 19 heavy (non-hydrogen) atoms. The molecule has 0 atom stereocenters. The van der Waals surface area contributed by atoms with E-state index in [2.05, 4.69) is 54.7 Å². The Hall–Kier alpha value is -0.960. The van der Waals surface area contributed by atoms with Gasteiger partial charge in [0.05, 0.1) is 6.54 Å². The van der Waals surface area contributed by atoms with Crippen LogP contribution in [0, 0.1) is 5.92 Å². The van der Waals surface area contributed by atoms with Crippen molar-refractivity contribution in [2.45, 2.75) is 45.7 Å². The van der Waals surface area contributed by atoms with Gasteiger partial charge in [0.15, 0.2) is 5.17 Å². The van der Waals surface area contributed by atoms with E-state index < -0.39 is 0 Å². The molecule has 1 aromatic carbocycles. The molecule has 3 heteroatoms. The lowest BCUT2D eigenvalue weighted by atomic mass is 10.1. The second-order valence-electron chi connectivity index (χ2n) is 5.59.